The number of hydrogen-bond acceptors (Lipinski definition) is 4. The van der Waals surface area contributed by atoms with Gasteiger partial charge in [-0.05, 0) is 26.0 Å². The van der Waals surface area contributed by atoms with Crippen molar-refractivity contribution >= 4 is 0 Å². The van der Waals surface area contributed by atoms with E-state index in [-0.39, 0.29) is 11.9 Å². The smallest absolute Gasteiger partial charge is 0.146 e. The molecule has 18 heavy (non-hydrogen) atoms. The van der Waals surface area contributed by atoms with E-state index in [4.69, 9.17) is 0 Å². The summed E-state index contributed by atoms with van der Waals surface area (Å²) in [6.07, 6.45) is 2.93. The fraction of sp³-hybridized carbons (Fsp3) is 0.417. The monoisotopic (exact) mass is 249 g/mol. The first kappa shape index (κ1) is 12.6. The highest BCUT2D eigenvalue weighted by atomic mass is 19.1. The van der Waals surface area contributed by atoms with Gasteiger partial charge in [0.1, 0.15) is 18.0 Å². The first-order valence-electron chi connectivity index (χ1n) is 5.92. The molecule has 0 spiro atoms. The fourth-order valence-corrected chi connectivity index (χ4v) is 1.67. The van der Waals surface area contributed by atoms with Crippen molar-refractivity contribution in [2.75, 3.05) is 0 Å². The number of nitrogens with zero attached hydrogens (tertiary/aromatic N) is 4. The van der Waals surface area contributed by atoms with Crippen LogP contribution >= 0.6 is 0 Å². The third kappa shape index (κ3) is 2.89. The van der Waals surface area contributed by atoms with E-state index in [0.29, 0.717) is 6.54 Å². The van der Waals surface area contributed by atoms with Gasteiger partial charge >= 0.3 is 0 Å². The molecule has 0 aliphatic carbocycles. The summed E-state index contributed by atoms with van der Waals surface area (Å²) in [7, 11) is 0. The van der Waals surface area contributed by atoms with Crippen LogP contribution in [0.4, 0.5) is 4.39 Å². The van der Waals surface area contributed by atoms with Crippen LogP contribution in [-0.2, 0) is 13.1 Å². The summed E-state index contributed by atoms with van der Waals surface area (Å²) in [5.74, 6) is 0.558. The van der Waals surface area contributed by atoms with Crippen molar-refractivity contribution < 1.29 is 4.39 Å². The number of nitrogens with one attached hydrogen (secondary N) is 1. The highest BCUT2D eigenvalue weighted by Crippen LogP contribution is 2.10. The standard InChI is InChI=1S/C12H16FN5/c1-3-18-8-16-17-12(18)7-14-9(2)11-5-4-10(13)6-15-11/h4-6,8-9,14H,3,7H2,1-2H3. The summed E-state index contributed by atoms with van der Waals surface area (Å²) in [5, 5.41) is 11.2. The number of halogens is 1. The van der Waals surface area contributed by atoms with Crippen molar-refractivity contribution in [1.82, 2.24) is 25.1 Å². The van der Waals surface area contributed by atoms with E-state index in [1.165, 1.54) is 12.3 Å². The Morgan fingerprint density at radius 3 is 2.94 bits per heavy atom. The van der Waals surface area contributed by atoms with Crippen LogP contribution in [0.2, 0.25) is 0 Å². The Morgan fingerprint density at radius 1 is 1.44 bits per heavy atom. The van der Waals surface area contributed by atoms with E-state index in [1.54, 1.807) is 12.4 Å². The zero-order chi connectivity index (χ0) is 13.0. The lowest BCUT2D eigenvalue weighted by Gasteiger charge is -2.13. The summed E-state index contributed by atoms with van der Waals surface area (Å²) < 4.78 is 14.7. The van der Waals surface area contributed by atoms with Crippen molar-refractivity contribution in [3.8, 4) is 0 Å². The van der Waals surface area contributed by atoms with Gasteiger partial charge in [0, 0.05) is 12.6 Å². The summed E-state index contributed by atoms with van der Waals surface area (Å²) >= 11 is 0. The first-order chi connectivity index (χ1) is 8.70. The maximum Gasteiger partial charge on any atom is 0.146 e. The molecule has 0 radical (unpaired) electrons. The number of aryl methyl sites for hydroxylation is 1. The predicted molar refractivity (Wildman–Crippen MR) is 65.1 cm³/mol. The Bertz CT molecular complexity index is 493. The third-order valence-corrected chi connectivity index (χ3v) is 2.80. The quantitative estimate of drug-likeness (QED) is 0.876. The molecule has 1 N–H and O–H groups in total. The SMILES string of the molecule is CCn1cnnc1CNC(C)c1ccc(F)cn1. The van der Waals surface area contributed by atoms with Gasteiger partial charge in [-0.3, -0.25) is 4.98 Å². The van der Waals surface area contributed by atoms with Gasteiger partial charge in [-0.2, -0.15) is 0 Å². The summed E-state index contributed by atoms with van der Waals surface area (Å²) in [4.78, 5) is 4.04. The molecule has 2 aromatic heterocycles. The topological polar surface area (TPSA) is 55.6 Å². The fourth-order valence-electron chi connectivity index (χ4n) is 1.67. The molecule has 6 heteroatoms. The molecule has 2 rings (SSSR count). The molecule has 96 valence electrons. The molecule has 0 saturated heterocycles. The molecule has 0 amide bonds. The second kappa shape index (κ2) is 5.68. The lowest BCUT2D eigenvalue weighted by atomic mass is 10.2. The largest absolute Gasteiger partial charge is 0.317 e. The van der Waals surface area contributed by atoms with Crippen LogP contribution in [-0.4, -0.2) is 19.7 Å². The van der Waals surface area contributed by atoms with Crippen molar-refractivity contribution in [2.45, 2.75) is 33.0 Å². The second-order valence-corrected chi connectivity index (χ2v) is 4.04. The minimum atomic E-state index is -0.323. The van der Waals surface area contributed by atoms with Gasteiger partial charge in [0.05, 0.1) is 18.4 Å². The van der Waals surface area contributed by atoms with Crippen LogP contribution in [0.5, 0.6) is 0 Å². The Kier molecular flexibility index (Phi) is 3.99. The molecule has 0 aliphatic heterocycles. The molecular weight excluding hydrogens is 233 g/mol. The Hall–Kier alpha value is -1.82. The number of hydrogen-bond donors (Lipinski definition) is 1. The molecule has 5 nitrogen and oxygen atoms in total. The lowest BCUT2D eigenvalue weighted by molar-refractivity contribution is 0.526. The molecule has 1 unspecified atom stereocenters. The molecule has 0 fully saturated rings. The number of pyridine rings is 1. The van der Waals surface area contributed by atoms with Gasteiger partial charge in [0.15, 0.2) is 0 Å². The van der Waals surface area contributed by atoms with Gasteiger partial charge in [0.25, 0.3) is 0 Å². The van der Waals surface area contributed by atoms with Crippen LogP contribution < -0.4 is 5.32 Å². The van der Waals surface area contributed by atoms with E-state index >= 15 is 0 Å². The van der Waals surface area contributed by atoms with Crippen LogP contribution in [0.15, 0.2) is 24.7 Å². The Labute approximate surface area is 105 Å². The van der Waals surface area contributed by atoms with E-state index in [9.17, 15) is 4.39 Å². The van der Waals surface area contributed by atoms with E-state index in [0.717, 1.165) is 18.1 Å². The van der Waals surface area contributed by atoms with Gasteiger partial charge in [-0.25, -0.2) is 4.39 Å². The van der Waals surface area contributed by atoms with E-state index in [2.05, 4.69) is 20.5 Å². The normalized spacial score (nSPS) is 12.6. The highest BCUT2D eigenvalue weighted by Gasteiger charge is 2.08. The Morgan fingerprint density at radius 2 is 2.28 bits per heavy atom. The molecule has 0 aliphatic rings. The molecular formula is C12H16FN5. The van der Waals surface area contributed by atoms with Gasteiger partial charge < -0.3 is 9.88 Å². The summed E-state index contributed by atoms with van der Waals surface area (Å²) in [6, 6.07) is 3.12. The van der Waals surface area contributed by atoms with Crippen LogP contribution in [0.25, 0.3) is 0 Å². The average Bonchev–Trinajstić information content (AvgIpc) is 2.84. The van der Waals surface area contributed by atoms with Crippen LogP contribution in [0.1, 0.15) is 31.4 Å². The van der Waals surface area contributed by atoms with Crippen LogP contribution in [0.3, 0.4) is 0 Å². The van der Waals surface area contributed by atoms with E-state index in [1.807, 2.05) is 18.4 Å². The molecule has 0 aromatic carbocycles. The van der Waals surface area contributed by atoms with Gasteiger partial charge in [-0.1, -0.05) is 0 Å². The lowest BCUT2D eigenvalue weighted by Crippen LogP contribution is -2.21. The predicted octanol–water partition coefficient (Wildman–Crippen LogP) is 1.68. The van der Waals surface area contributed by atoms with Gasteiger partial charge in [-0.15, -0.1) is 10.2 Å². The molecule has 1 atom stereocenters. The average molecular weight is 249 g/mol. The van der Waals surface area contributed by atoms with Crippen molar-refractivity contribution in [3.63, 3.8) is 0 Å². The zero-order valence-electron chi connectivity index (χ0n) is 10.5. The molecule has 2 heterocycles. The second-order valence-electron chi connectivity index (χ2n) is 4.04. The molecule has 0 saturated carbocycles. The number of rotatable bonds is 5. The maximum atomic E-state index is 12.8. The van der Waals surface area contributed by atoms with Crippen molar-refractivity contribution in [1.29, 1.82) is 0 Å². The molecule has 0 bridgehead atoms. The van der Waals surface area contributed by atoms with Crippen LogP contribution in [0, 0.1) is 5.82 Å². The third-order valence-electron chi connectivity index (χ3n) is 2.80. The minimum Gasteiger partial charge on any atom is -0.317 e. The summed E-state index contributed by atoms with van der Waals surface area (Å²) in [6.45, 7) is 5.46. The van der Waals surface area contributed by atoms with Crippen molar-refractivity contribution in [2.24, 2.45) is 0 Å². The highest BCUT2D eigenvalue weighted by molar-refractivity contribution is 5.09. The van der Waals surface area contributed by atoms with E-state index < -0.39 is 0 Å². The zero-order valence-corrected chi connectivity index (χ0v) is 10.5. The van der Waals surface area contributed by atoms with Gasteiger partial charge in [0.2, 0.25) is 0 Å². The minimum absolute atomic E-state index is 0.0348. The Balaban J connectivity index is 1.96. The molecule has 2 aromatic rings. The maximum absolute atomic E-state index is 12.8. The summed E-state index contributed by atoms with van der Waals surface area (Å²) in [5.41, 5.74) is 0.805. The van der Waals surface area contributed by atoms with Crippen molar-refractivity contribution in [3.05, 3.63) is 42.0 Å². The number of aromatic nitrogens is 4. The first-order valence-corrected chi connectivity index (χ1v) is 5.92.